The molecule has 0 saturated carbocycles. The van der Waals surface area contributed by atoms with Gasteiger partial charge in [-0.2, -0.15) is 0 Å². The highest BCUT2D eigenvalue weighted by Gasteiger charge is 2.10. The molecule has 0 fully saturated rings. The Morgan fingerprint density at radius 1 is 0.871 bits per heavy atom. The second-order valence-corrected chi connectivity index (χ2v) is 7.72. The molecule has 0 aliphatic rings. The lowest BCUT2D eigenvalue weighted by atomic mass is 10.0. The number of nitrogens with one attached hydrogen (secondary N) is 1. The van der Waals surface area contributed by atoms with Gasteiger partial charge in [-0.3, -0.25) is 0 Å². The molecule has 0 aliphatic heterocycles. The van der Waals surface area contributed by atoms with E-state index in [2.05, 4.69) is 23.5 Å². The highest BCUT2D eigenvalue weighted by Crippen LogP contribution is 2.29. The third kappa shape index (κ3) is 5.23. The Balaban J connectivity index is 1.51. The Hall–Kier alpha value is -3.34. The number of halogens is 1. The molecule has 0 heterocycles. The molecule has 2 N–H and O–H groups in total. The zero-order valence-corrected chi connectivity index (χ0v) is 17.6. The number of hydrogen-bond acceptors (Lipinski definition) is 3. The minimum absolute atomic E-state index is 0.287. The highest BCUT2D eigenvalue weighted by atomic mass is 35.5. The number of carboxylic acids is 1. The molecule has 0 bridgehead atoms. The largest absolute Gasteiger partial charge is 0.489 e. The summed E-state index contributed by atoms with van der Waals surface area (Å²) in [5.41, 5.74) is 3.40. The fourth-order valence-corrected chi connectivity index (χ4v) is 3.73. The molecule has 0 saturated heterocycles. The fourth-order valence-electron chi connectivity index (χ4n) is 3.52. The van der Waals surface area contributed by atoms with Crippen molar-refractivity contribution in [3.63, 3.8) is 0 Å². The number of fused-ring (bicyclic) bond motifs is 1. The van der Waals surface area contributed by atoms with Crippen LogP contribution in [0.2, 0.25) is 5.02 Å². The minimum Gasteiger partial charge on any atom is -0.489 e. The molecule has 0 aliphatic carbocycles. The number of benzene rings is 4. The molecule has 5 heteroatoms. The van der Waals surface area contributed by atoms with Gasteiger partial charge in [-0.1, -0.05) is 66.2 Å². The first kappa shape index (κ1) is 20.9. The predicted molar refractivity (Wildman–Crippen MR) is 124 cm³/mol. The van der Waals surface area contributed by atoms with Crippen LogP contribution in [0, 0.1) is 0 Å². The van der Waals surface area contributed by atoms with Gasteiger partial charge in [0.05, 0.1) is 5.56 Å². The van der Waals surface area contributed by atoms with E-state index < -0.39 is 5.97 Å². The zero-order valence-electron chi connectivity index (χ0n) is 16.8. The van der Waals surface area contributed by atoms with Crippen LogP contribution in [0.25, 0.3) is 10.8 Å². The molecule has 0 atom stereocenters. The van der Waals surface area contributed by atoms with Gasteiger partial charge < -0.3 is 15.2 Å². The van der Waals surface area contributed by atoms with Crippen LogP contribution in [0.5, 0.6) is 5.75 Å². The van der Waals surface area contributed by atoms with E-state index in [1.807, 2.05) is 54.6 Å². The van der Waals surface area contributed by atoms with Crippen LogP contribution >= 0.6 is 11.6 Å². The van der Waals surface area contributed by atoms with E-state index in [1.165, 1.54) is 0 Å². The van der Waals surface area contributed by atoms with Crippen LogP contribution in [0.15, 0.2) is 84.9 Å². The van der Waals surface area contributed by atoms with Crippen molar-refractivity contribution in [2.24, 2.45) is 0 Å². The van der Waals surface area contributed by atoms with Gasteiger partial charge in [0.15, 0.2) is 0 Å². The molecule has 0 aromatic heterocycles. The molecule has 0 unspecified atom stereocenters. The average Bonchev–Trinajstić information content (AvgIpc) is 2.78. The molecule has 4 aromatic carbocycles. The summed E-state index contributed by atoms with van der Waals surface area (Å²) in [7, 11) is 0. The highest BCUT2D eigenvalue weighted by molar-refractivity contribution is 6.30. The summed E-state index contributed by atoms with van der Waals surface area (Å²) in [6.45, 7) is 1.67. The lowest BCUT2D eigenvalue weighted by Crippen LogP contribution is -2.14. The average molecular weight is 432 g/mol. The Morgan fingerprint density at radius 3 is 2.45 bits per heavy atom. The number of rotatable bonds is 8. The second-order valence-electron chi connectivity index (χ2n) is 7.29. The van der Waals surface area contributed by atoms with E-state index in [1.54, 1.807) is 12.1 Å². The SMILES string of the molecule is O=C(O)c1ccc(CNCc2c(OCc3cccc(Cl)c3)ccc3ccccc23)cc1. The Kier molecular flexibility index (Phi) is 6.51. The lowest BCUT2D eigenvalue weighted by Gasteiger charge is -2.15. The van der Waals surface area contributed by atoms with Crippen molar-refractivity contribution in [3.05, 3.63) is 112 Å². The van der Waals surface area contributed by atoms with E-state index in [4.69, 9.17) is 21.4 Å². The van der Waals surface area contributed by atoms with Crippen LogP contribution in [0.4, 0.5) is 0 Å². The summed E-state index contributed by atoms with van der Waals surface area (Å²) in [6, 6.07) is 26.9. The van der Waals surface area contributed by atoms with Gasteiger partial charge >= 0.3 is 5.97 Å². The lowest BCUT2D eigenvalue weighted by molar-refractivity contribution is 0.0697. The monoisotopic (exact) mass is 431 g/mol. The fraction of sp³-hybridized carbons (Fsp3) is 0.115. The van der Waals surface area contributed by atoms with Gasteiger partial charge in [-0.05, 0) is 52.2 Å². The van der Waals surface area contributed by atoms with Gasteiger partial charge in [0.2, 0.25) is 0 Å². The first-order valence-corrected chi connectivity index (χ1v) is 10.4. The molecule has 0 amide bonds. The normalized spacial score (nSPS) is 10.9. The standard InChI is InChI=1S/C26H22ClNO3/c27-22-6-3-4-19(14-22)17-31-25-13-12-20-5-1-2-7-23(20)24(25)16-28-15-18-8-10-21(11-9-18)26(29)30/h1-14,28H,15-17H2,(H,29,30). The van der Waals surface area contributed by atoms with Crippen molar-refractivity contribution >= 4 is 28.3 Å². The van der Waals surface area contributed by atoms with Gasteiger partial charge in [0.25, 0.3) is 0 Å². The Bertz CT molecular complexity index is 1200. The summed E-state index contributed by atoms with van der Waals surface area (Å²) in [5.74, 6) is -0.0934. The smallest absolute Gasteiger partial charge is 0.335 e. The summed E-state index contributed by atoms with van der Waals surface area (Å²) < 4.78 is 6.17. The second kappa shape index (κ2) is 9.65. The quantitative estimate of drug-likeness (QED) is 0.356. The molecule has 4 nitrogen and oxygen atoms in total. The Labute approximate surface area is 186 Å². The summed E-state index contributed by atoms with van der Waals surface area (Å²) in [5, 5.41) is 15.5. The van der Waals surface area contributed by atoms with Crippen LogP contribution in [0.3, 0.4) is 0 Å². The molecule has 0 spiro atoms. The van der Waals surface area contributed by atoms with Crippen molar-refractivity contribution in [2.45, 2.75) is 19.7 Å². The van der Waals surface area contributed by atoms with Crippen molar-refractivity contribution in [2.75, 3.05) is 0 Å². The first-order chi connectivity index (χ1) is 15.1. The molecule has 0 radical (unpaired) electrons. The summed E-state index contributed by atoms with van der Waals surface area (Å²) >= 11 is 6.09. The third-order valence-corrected chi connectivity index (χ3v) is 5.35. The molecule has 4 rings (SSSR count). The van der Waals surface area contributed by atoms with E-state index in [9.17, 15) is 4.79 Å². The topological polar surface area (TPSA) is 58.6 Å². The molecule has 31 heavy (non-hydrogen) atoms. The van der Waals surface area contributed by atoms with Gasteiger partial charge in [0.1, 0.15) is 12.4 Å². The number of carboxylic acid groups (broad SMARTS) is 1. The summed E-state index contributed by atoms with van der Waals surface area (Å²) in [4.78, 5) is 11.0. The molecular weight excluding hydrogens is 410 g/mol. The van der Waals surface area contributed by atoms with Crippen LogP contribution < -0.4 is 10.1 Å². The number of carbonyl (C=O) groups is 1. The van der Waals surface area contributed by atoms with E-state index >= 15 is 0 Å². The number of ether oxygens (including phenoxy) is 1. The minimum atomic E-state index is -0.920. The van der Waals surface area contributed by atoms with Gasteiger partial charge in [-0.25, -0.2) is 4.79 Å². The maximum absolute atomic E-state index is 11.0. The number of aromatic carboxylic acids is 1. The predicted octanol–water partition coefficient (Wildman–Crippen LogP) is 6.06. The van der Waals surface area contributed by atoms with Crippen LogP contribution in [-0.2, 0) is 19.7 Å². The third-order valence-electron chi connectivity index (χ3n) is 5.11. The van der Waals surface area contributed by atoms with Crippen molar-refractivity contribution in [3.8, 4) is 5.75 Å². The van der Waals surface area contributed by atoms with Crippen LogP contribution in [-0.4, -0.2) is 11.1 Å². The van der Waals surface area contributed by atoms with E-state index in [0.29, 0.717) is 24.7 Å². The molecular formula is C26H22ClNO3. The van der Waals surface area contributed by atoms with Gasteiger partial charge in [-0.15, -0.1) is 0 Å². The van der Waals surface area contributed by atoms with Gasteiger partial charge in [0, 0.05) is 23.7 Å². The number of hydrogen-bond donors (Lipinski definition) is 2. The molecule has 156 valence electrons. The van der Waals surface area contributed by atoms with Crippen molar-refractivity contribution < 1.29 is 14.6 Å². The van der Waals surface area contributed by atoms with Crippen molar-refractivity contribution in [1.29, 1.82) is 0 Å². The van der Waals surface area contributed by atoms with E-state index in [0.717, 1.165) is 33.2 Å². The van der Waals surface area contributed by atoms with E-state index in [-0.39, 0.29) is 5.56 Å². The molecule has 4 aromatic rings. The maximum Gasteiger partial charge on any atom is 0.335 e. The first-order valence-electron chi connectivity index (χ1n) is 10.0. The van der Waals surface area contributed by atoms with Crippen molar-refractivity contribution in [1.82, 2.24) is 5.32 Å². The summed E-state index contributed by atoms with van der Waals surface area (Å²) in [6.07, 6.45) is 0. The van der Waals surface area contributed by atoms with Crippen LogP contribution in [0.1, 0.15) is 27.0 Å². The Morgan fingerprint density at radius 2 is 1.68 bits per heavy atom. The maximum atomic E-state index is 11.0. The zero-order chi connectivity index (χ0) is 21.6.